The predicted octanol–water partition coefficient (Wildman–Crippen LogP) is 6.80. The summed E-state index contributed by atoms with van der Waals surface area (Å²) in [6, 6.07) is 39.2. The topological polar surface area (TPSA) is 83.5 Å². The molecule has 46 heavy (non-hydrogen) atoms. The zero-order valence-corrected chi connectivity index (χ0v) is 26.4. The monoisotopic (exact) mass is 624 g/mol. The summed E-state index contributed by atoms with van der Waals surface area (Å²) in [6.07, 6.45) is -3.76. The summed E-state index contributed by atoms with van der Waals surface area (Å²) in [6.45, 7) is 3.00. The van der Waals surface area contributed by atoms with Crippen LogP contribution in [0.1, 0.15) is 48.4 Å². The van der Waals surface area contributed by atoms with Crippen LogP contribution in [0, 0.1) is 0 Å². The van der Waals surface area contributed by atoms with Crippen LogP contribution in [0.4, 0.5) is 0 Å². The normalized spacial score (nSPS) is 22.7. The average molecular weight is 625 g/mol. The maximum absolute atomic E-state index is 13.1. The molecule has 1 saturated carbocycles. The fourth-order valence-electron chi connectivity index (χ4n) is 5.63. The number of carbonyl (C=O) groups is 1. The number of unbranched alkanes of at least 4 members (excludes halogenated alkanes) is 1. The summed E-state index contributed by atoms with van der Waals surface area (Å²) in [7, 11) is 0. The van der Waals surface area contributed by atoms with Crippen LogP contribution in [0.3, 0.4) is 0 Å². The first kappa shape index (κ1) is 33.5. The lowest BCUT2D eigenvalue weighted by atomic mass is 9.83. The molecule has 0 aromatic heterocycles. The van der Waals surface area contributed by atoms with Crippen molar-refractivity contribution in [3.05, 3.63) is 144 Å². The van der Waals surface area contributed by atoms with Crippen LogP contribution in [0.2, 0.25) is 0 Å². The first-order valence-corrected chi connectivity index (χ1v) is 16.1. The molecule has 0 aliphatic heterocycles. The lowest BCUT2D eigenvalue weighted by molar-refractivity contribution is -0.277. The Hall–Kier alpha value is -3.85. The van der Waals surface area contributed by atoms with Crippen LogP contribution in [-0.2, 0) is 54.9 Å². The number of benzene rings is 4. The Balaban J connectivity index is 1.50. The highest BCUT2D eigenvalue weighted by molar-refractivity contribution is 5.69. The van der Waals surface area contributed by atoms with E-state index in [4.69, 9.17) is 23.7 Å². The Morgan fingerprint density at radius 1 is 0.522 bits per heavy atom. The van der Waals surface area contributed by atoms with E-state index >= 15 is 0 Å². The van der Waals surface area contributed by atoms with Crippen LogP contribution in [0.15, 0.2) is 121 Å². The number of aliphatic hydroxyl groups excluding tert-OH is 1. The fourth-order valence-corrected chi connectivity index (χ4v) is 5.63. The van der Waals surface area contributed by atoms with E-state index < -0.39 is 42.6 Å². The molecule has 0 heterocycles. The molecule has 0 spiro atoms. The smallest absolute Gasteiger partial charge is 0.306 e. The molecule has 0 unspecified atom stereocenters. The molecule has 7 heteroatoms. The van der Waals surface area contributed by atoms with Crippen LogP contribution < -0.4 is 0 Å². The summed E-state index contributed by atoms with van der Waals surface area (Å²) >= 11 is 0. The molecule has 242 valence electrons. The van der Waals surface area contributed by atoms with Gasteiger partial charge in [0.1, 0.15) is 30.5 Å². The van der Waals surface area contributed by atoms with E-state index in [-0.39, 0.29) is 32.8 Å². The number of rotatable bonds is 16. The molecule has 1 N–H and O–H groups in total. The second kappa shape index (κ2) is 17.7. The number of aliphatic hydroxyl groups is 1. The Morgan fingerprint density at radius 2 is 0.848 bits per heavy atom. The SMILES string of the molecule is CCCCC(=O)O[C@H]1[C@@H](O)[C@H](OCc2ccccc2)[C@@H](OCc2ccccc2)[C@H](OCc2ccccc2)[C@H]1OCc1ccccc1. The summed E-state index contributed by atoms with van der Waals surface area (Å²) < 4.78 is 32.3. The molecule has 1 aliphatic rings. The van der Waals surface area contributed by atoms with Gasteiger partial charge >= 0.3 is 5.97 Å². The zero-order chi connectivity index (χ0) is 32.0. The van der Waals surface area contributed by atoms with Gasteiger partial charge in [0.2, 0.25) is 0 Å². The third kappa shape index (κ3) is 9.58. The molecule has 0 bridgehead atoms. The van der Waals surface area contributed by atoms with E-state index in [1.165, 1.54) is 0 Å². The van der Waals surface area contributed by atoms with E-state index in [0.717, 1.165) is 28.7 Å². The minimum absolute atomic E-state index is 0.227. The van der Waals surface area contributed by atoms with Crippen molar-refractivity contribution < 1.29 is 33.6 Å². The zero-order valence-electron chi connectivity index (χ0n) is 26.4. The highest BCUT2D eigenvalue weighted by Crippen LogP contribution is 2.34. The van der Waals surface area contributed by atoms with Gasteiger partial charge in [-0.3, -0.25) is 4.79 Å². The Kier molecular flexibility index (Phi) is 12.9. The molecule has 6 atom stereocenters. The third-order valence-electron chi connectivity index (χ3n) is 8.11. The first-order chi connectivity index (χ1) is 22.6. The molecule has 1 fully saturated rings. The van der Waals surface area contributed by atoms with Crippen molar-refractivity contribution in [2.75, 3.05) is 0 Å². The molecule has 1 aliphatic carbocycles. The van der Waals surface area contributed by atoms with Crippen LogP contribution in [0.25, 0.3) is 0 Å². The van der Waals surface area contributed by atoms with Crippen LogP contribution in [-0.4, -0.2) is 47.7 Å². The average Bonchev–Trinajstić information content (AvgIpc) is 3.11. The molecule has 7 nitrogen and oxygen atoms in total. The van der Waals surface area contributed by atoms with Crippen molar-refractivity contribution in [3.63, 3.8) is 0 Å². The molecular formula is C39H44O7. The summed E-state index contributed by atoms with van der Waals surface area (Å²) in [4.78, 5) is 13.1. The van der Waals surface area contributed by atoms with Gasteiger partial charge in [-0.25, -0.2) is 0 Å². The molecule has 0 radical (unpaired) electrons. The minimum atomic E-state index is -1.24. The Labute approximate surface area is 272 Å². The number of esters is 1. The predicted molar refractivity (Wildman–Crippen MR) is 175 cm³/mol. The Bertz CT molecular complexity index is 1420. The fraction of sp³-hybridized carbons (Fsp3) is 0.359. The second-order valence-electron chi connectivity index (χ2n) is 11.6. The molecule has 0 amide bonds. The molecule has 0 saturated heterocycles. The molecular weight excluding hydrogens is 580 g/mol. The minimum Gasteiger partial charge on any atom is -0.457 e. The lowest BCUT2D eigenvalue weighted by Gasteiger charge is -2.48. The standard InChI is InChI=1S/C39H44O7/c1-2-3-24-33(40)46-36-34(41)35(42-25-29-16-8-4-9-17-29)37(43-26-30-18-10-5-11-19-30)39(45-28-32-22-14-7-15-23-32)38(36)44-27-31-20-12-6-13-21-31/h4-23,34-39,41H,2-3,24-28H2,1H3/t34-,35-,36-,37+,38-,39-/m0/s1. The summed E-state index contributed by atoms with van der Waals surface area (Å²) in [5.74, 6) is -0.397. The summed E-state index contributed by atoms with van der Waals surface area (Å²) in [5, 5.41) is 12.0. The van der Waals surface area contributed by atoms with E-state index in [9.17, 15) is 9.90 Å². The van der Waals surface area contributed by atoms with Gasteiger partial charge < -0.3 is 28.8 Å². The summed E-state index contributed by atoms with van der Waals surface area (Å²) in [5.41, 5.74) is 3.82. The highest BCUT2D eigenvalue weighted by atomic mass is 16.6. The van der Waals surface area contributed by atoms with Crippen molar-refractivity contribution in [1.29, 1.82) is 0 Å². The van der Waals surface area contributed by atoms with Crippen molar-refractivity contribution in [3.8, 4) is 0 Å². The van der Waals surface area contributed by atoms with Gasteiger partial charge in [-0.1, -0.05) is 135 Å². The molecule has 4 aromatic carbocycles. The van der Waals surface area contributed by atoms with Crippen molar-refractivity contribution in [2.45, 2.75) is 89.2 Å². The van der Waals surface area contributed by atoms with E-state index in [1.807, 2.05) is 128 Å². The third-order valence-corrected chi connectivity index (χ3v) is 8.11. The van der Waals surface area contributed by atoms with Gasteiger partial charge in [0.25, 0.3) is 0 Å². The van der Waals surface area contributed by atoms with Gasteiger partial charge in [0.15, 0.2) is 6.10 Å². The van der Waals surface area contributed by atoms with E-state index in [0.29, 0.717) is 6.42 Å². The van der Waals surface area contributed by atoms with Gasteiger partial charge in [0.05, 0.1) is 26.4 Å². The maximum Gasteiger partial charge on any atom is 0.306 e. The van der Waals surface area contributed by atoms with Gasteiger partial charge in [-0.15, -0.1) is 0 Å². The number of carbonyl (C=O) groups excluding carboxylic acids is 1. The van der Waals surface area contributed by atoms with Crippen LogP contribution >= 0.6 is 0 Å². The molecule has 4 aromatic rings. The van der Waals surface area contributed by atoms with Gasteiger partial charge in [0, 0.05) is 6.42 Å². The van der Waals surface area contributed by atoms with Gasteiger partial charge in [-0.05, 0) is 28.7 Å². The van der Waals surface area contributed by atoms with Gasteiger partial charge in [-0.2, -0.15) is 0 Å². The Morgan fingerprint density at radius 3 is 1.22 bits per heavy atom. The number of hydrogen-bond acceptors (Lipinski definition) is 7. The largest absolute Gasteiger partial charge is 0.457 e. The van der Waals surface area contributed by atoms with Crippen molar-refractivity contribution >= 4 is 5.97 Å². The number of hydrogen-bond donors (Lipinski definition) is 1. The molecule has 5 rings (SSSR count). The second-order valence-corrected chi connectivity index (χ2v) is 11.6. The van der Waals surface area contributed by atoms with Crippen molar-refractivity contribution in [2.24, 2.45) is 0 Å². The van der Waals surface area contributed by atoms with E-state index in [1.54, 1.807) is 0 Å². The number of ether oxygens (including phenoxy) is 5. The van der Waals surface area contributed by atoms with E-state index in [2.05, 4.69) is 0 Å². The first-order valence-electron chi connectivity index (χ1n) is 16.1. The quantitative estimate of drug-likeness (QED) is 0.137. The maximum atomic E-state index is 13.1. The van der Waals surface area contributed by atoms with Crippen LogP contribution in [0.5, 0.6) is 0 Å². The lowest BCUT2D eigenvalue weighted by Crippen LogP contribution is -2.67. The van der Waals surface area contributed by atoms with Crippen molar-refractivity contribution in [1.82, 2.24) is 0 Å². The highest BCUT2D eigenvalue weighted by Gasteiger charge is 2.55.